The summed E-state index contributed by atoms with van der Waals surface area (Å²) in [6.07, 6.45) is 10.1. The maximum Gasteiger partial charge on any atom is 0.169 e. The standard InChI is InChI=1S/C24H23N5O/c1-28-16-21(15-27-28)17-4-5-19-14-26-22(11-20(19)10-17)13-23(30)18-6-7-25-24(12-18)29-8-2-3-9-29/h4-7,10-12,14-16H,2-3,8-9,13H2,1H3. The van der Waals surface area contributed by atoms with E-state index in [-0.39, 0.29) is 12.2 Å². The monoisotopic (exact) mass is 397 g/mol. The Morgan fingerprint density at radius 1 is 0.967 bits per heavy atom. The lowest BCUT2D eigenvalue weighted by Crippen LogP contribution is -2.19. The van der Waals surface area contributed by atoms with Crippen LogP contribution < -0.4 is 4.90 Å². The summed E-state index contributed by atoms with van der Waals surface area (Å²) < 4.78 is 1.79. The van der Waals surface area contributed by atoms with Gasteiger partial charge in [0.05, 0.1) is 12.6 Å². The van der Waals surface area contributed by atoms with Gasteiger partial charge in [0, 0.05) is 60.9 Å². The van der Waals surface area contributed by atoms with Crippen molar-refractivity contribution in [2.75, 3.05) is 18.0 Å². The minimum Gasteiger partial charge on any atom is -0.357 e. The average Bonchev–Trinajstić information content (AvgIpc) is 3.45. The number of nitrogens with zero attached hydrogens (tertiary/aromatic N) is 5. The lowest BCUT2D eigenvalue weighted by Gasteiger charge is -2.16. The molecule has 0 radical (unpaired) electrons. The molecule has 5 rings (SSSR count). The van der Waals surface area contributed by atoms with Crippen molar-refractivity contribution in [2.24, 2.45) is 7.05 Å². The summed E-state index contributed by atoms with van der Waals surface area (Å²) in [4.78, 5) is 24.1. The zero-order chi connectivity index (χ0) is 20.5. The fourth-order valence-corrected chi connectivity index (χ4v) is 4.01. The summed E-state index contributed by atoms with van der Waals surface area (Å²) in [7, 11) is 1.91. The van der Waals surface area contributed by atoms with E-state index in [0.29, 0.717) is 5.56 Å². The van der Waals surface area contributed by atoms with E-state index in [4.69, 9.17) is 0 Å². The minimum atomic E-state index is 0.0631. The molecular formula is C24H23N5O. The normalized spacial score (nSPS) is 13.8. The predicted octanol–water partition coefficient (Wildman–Crippen LogP) is 4.06. The van der Waals surface area contributed by atoms with Crippen LogP contribution in [-0.4, -0.2) is 38.6 Å². The van der Waals surface area contributed by atoms with E-state index in [1.165, 1.54) is 12.8 Å². The maximum atomic E-state index is 12.9. The van der Waals surface area contributed by atoms with Gasteiger partial charge >= 0.3 is 0 Å². The van der Waals surface area contributed by atoms with Gasteiger partial charge in [-0.15, -0.1) is 0 Å². The molecule has 0 spiro atoms. The van der Waals surface area contributed by atoms with Gasteiger partial charge in [-0.1, -0.05) is 12.1 Å². The lowest BCUT2D eigenvalue weighted by molar-refractivity contribution is 0.0992. The van der Waals surface area contributed by atoms with Crippen molar-refractivity contribution < 1.29 is 4.79 Å². The Bertz CT molecular complexity index is 1220. The van der Waals surface area contributed by atoms with Crippen LogP contribution in [0, 0.1) is 0 Å². The number of Topliss-reactive ketones (excluding diaryl/α,β-unsaturated/α-hetero) is 1. The molecule has 6 heteroatoms. The van der Waals surface area contributed by atoms with E-state index in [1.807, 2.05) is 37.8 Å². The van der Waals surface area contributed by atoms with E-state index in [0.717, 1.165) is 46.5 Å². The second-order valence-electron chi connectivity index (χ2n) is 7.84. The van der Waals surface area contributed by atoms with Crippen LogP contribution >= 0.6 is 0 Å². The molecule has 1 aliphatic rings. The molecule has 30 heavy (non-hydrogen) atoms. The lowest BCUT2D eigenvalue weighted by atomic mass is 10.0. The number of benzene rings is 1. The third-order valence-corrected chi connectivity index (χ3v) is 5.66. The number of hydrogen-bond donors (Lipinski definition) is 0. The van der Waals surface area contributed by atoms with Crippen LogP contribution in [0.5, 0.6) is 0 Å². The number of hydrogen-bond acceptors (Lipinski definition) is 5. The zero-order valence-electron chi connectivity index (χ0n) is 17.0. The van der Waals surface area contributed by atoms with Crippen molar-refractivity contribution >= 4 is 22.4 Å². The SMILES string of the molecule is Cn1cc(-c2ccc3cnc(CC(=O)c4ccnc(N5CCCC5)c4)cc3c2)cn1. The topological polar surface area (TPSA) is 63.9 Å². The molecule has 0 amide bonds. The van der Waals surface area contributed by atoms with Crippen molar-refractivity contribution in [3.8, 4) is 11.1 Å². The molecule has 1 aromatic carbocycles. The highest BCUT2D eigenvalue weighted by Crippen LogP contribution is 2.25. The first-order chi connectivity index (χ1) is 14.7. The molecule has 0 bridgehead atoms. The Balaban J connectivity index is 1.39. The summed E-state index contributed by atoms with van der Waals surface area (Å²) in [5, 5.41) is 6.38. The van der Waals surface area contributed by atoms with Crippen LogP contribution in [0.4, 0.5) is 5.82 Å². The number of fused-ring (bicyclic) bond motifs is 1. The highest BCUT2D eigenvalue weighted by atomic mass is 16.1. The van der Waals surface area contributed by atoms with Crippen LogP contribution in [0.15, 0.2) is 61.2 Å². The second-order valence-corrected chi connectivity index (χ2v) is 7.84. The van der Waals surface area contributed by atoms with Crippen LogP contribution in [-0.2, 0) is 13.5 Å². The first-order valence-corrected chi connectivity index (χ1v) is 10.3. The predicted molar refractivity (Wildman–Crippen MR) is 118 cm³/mol. The molecule has 1 aliphatic heterocycles. The van der Waals surface area contributed by atoms with Gasteiger partial charge in [-0.25, -0.2) is 4.98 Å². The summed E-state index contributed by atoms with van der Waals surface area (Å²) in [6, 6.07) is 12.0. The van der Waals surface area contributed by atoms with Crippen molar-refractivity contribution in [2.45, 2.75) is 19.3 Å². The number of pyridine rings is 2. The number of aromatic nitrogens is 4. The molecule has 1 saturated heterocycles. The summed E-state index contributed by atoms with van der Waals surface area (Å²) >= 11 is 0. The fraction of sp³-hybridized carbons (Fsp3) is 0.250. The van der Waals surface area contributed by atoms with Crippen molar-refractivity contribution in [3.63, 3.8) is 0 Å². The fourth-order valence-electron chi connectivity index (χ4n) is 4.01. The molecule has 0 atom stereocenters. The van der Waals surface area contributed by atoms with E-state index in [2.05, 4.69) is 38.2 Å². The first-order valence-electron chi connectivity index (χ1n) is 10.3. The van der Waals surface area contributed by atoms with Gasteiger partial charge in [0.1, 0.15) is 5.82 Å². The van der Waals surface area contributed by atoms with Crippen LogP contribution in [0.1, 0.15) is 28.9 Å². The summed E-state index contributed by atoms with van der Waals surface area (Å²) in [6.45, 7) is 2.02. The van der Waals surface area contributed by atoms with Crippen LogP contribution in [0.25, 0.3) is 21.9 Å². The zero-order valence-corrected chi connectivity index (χ0v) is 17.0. The van der Waals surface area contributed by atoms with E-state index in [9.17, 15) is 4.79 Å². The Kier molecular flexibility index (Phi) is 4.75. The van der Waals surface area contributed by atoms with Gasteiger partial charge < -0.3 is 4.90 Å². The molecule has 150 valence electrons. The van der Waals surface area contributed by atoms with Crippen molar-refractivity contribution in [1.82, 2.24) is 19.7 Å². The molecule has 0 aliphatic carbocycles. The van der Waals surface area contributed by atoms with Crippen LogP contribution in [0.2, 0.25) is 0 Å². The molecule has 0 saturated carbocycles. The number of aryl methyl sites for hydroxylation is 1. The number of rotatable bonds is 5. The molecule has 0 unspecified atom stereocenters. The van der Waals surface area contributed by atoms with Gasteiger partial charge in [0.25, 0.3) is 0 Å². The highest BCUT2D eigenvalue weighted by molar-refractivity contribution is 5.98. The largest absolute Gasteiger partial charge is 0.357 e. The van der Waals surface area contributed by atoms with Gasteiger partial charge in [0.15, 0.2) is 5.78 Å². The van der Waals surface area contributed by atoms with Crippen LogP contribution in [0.3, 0.4) is 0 Å². The number of carbonyl (C=O) groups is 1. The molecule has 1 fully saturated rings. The molecule has 0 N–H and O–H groups in total. The Hall–Kier alpha value is -3.54. The maximum absolute atomic E-state index is 12.9. The Morgan fingerprint density at radius 3 is 2.63 bits per heavy atom. The van der Waals surface area contributed by atoms with Gasteiger partial charge in [-0.3, -0.25) is 14.5 Å². The van der Waals surface area contributed by atoms with Crippen molar-refractivity contribution in [1.29, 1.82) is 0 Å². The molecule has 4 aromatic rings. The Labute approximate surface area is 175 Å². The minimum absolute atomic E-state index is 0.0631. The van der Waals surface area contributed by atoms with Gasteiger partial charge in [-0.05, 0) is 48.1 Å². The molecule has 3 aromatic heterocycles. The van der Waals surface area contributed by atoms with E-state index < -0.39 is 0 Å². The number of anilines is 1. The summed E-state index contributed by atoms with van der Waals surface area (Å²) in [5.41, 5.74) is 3.64. The molecular weight excluding hydrogens is 374 g/mol. The first kappa shape index (κ1) is 18.5. The molecule has 4 heterocycles. The number of ketones is 1. The average molecular weight is 397 g/mol. The third kappa shape index (κ3) is 3.68. The highest BCUT2D eigenvalue weighted by Gasteiger charge is 2.16. The quantitative estimate of drug-likeness (QED) is 0.475. The van der Waals surface area contributed by atoms with E-state index >= 15 is 0 Å². The smallest absolute Gasteiger partial charge is 0.169 e. The van der Waals surface area contributed by atoms with E-state index in [1.54, 1.807) is 16.9 Å². The van der Waals surface area contributed by atoms with Crippen molar-refractivity contribution in [3.05, 3.63) is 72.4 Å². The Morgan fingerprint density at radius 2 is 1.83 bits per heavy atom. The summed E-state index contributed by atoms with van der Waals surface area (Å²) in [5.74, 6) is 0.957. The number of carbonyl (C=O) groups excluding carboxylic acids is 1. The molecule has 6 nitrogen and oxygen atoms in total. The van der Waals surface area contributed by atoms with Gasteiger partial charge in [-0.2, -0.15) is 5.10 Å². The third-order valence-electron chi connectivity index (χ3n) is 5.66. The van der Waals surface area contributed by atoms with Gasteiger partial charge in [0.2, 0.25) is 0 Å². The second kappa shape index (κ2) is 7.71.